The highest BCUT2D eigenvalue weighted by Crippen LogP contribution is 2.34. The molecule has 1 aliphatic carbocycles. The lowest BCUT2D eigenvalue weighted by Crippen LogP contribution is -2.35. The molecular formula is C14H18N4O. The van der Waals surface area contributed by atoms with E-state index in [0.29, 0.717) is 6.54 Å². The normalized spacial score (nSPS) is 21.9. The van der Waals surface area contributed by atoms with Crippen molar-refractivity contribution in [2.24, 2.45) is 7.05 Å². The summed E-state index contributed by atoms with van der Waals surface area (Å²) in [6.45, 7) is 0.687. The summed E-state index contributed by atoms with van der Waals surface area (Å²) in [5.74, 6) is 0.908. The van der Waals surface area contributed by atoms with Crippen molar-refractivity contribution < 1.29 is 5.11 Å². The second-order valence-electron chi connectivity index (χ2n) is 5.13. The maximum atomic E-state index is 10.4. The van der Waals surface area contributed by atoms with Gasteiger partial charge in [0.25, 0.3) is 0 Å². The van der Waals surface area contributed by atoms with Gasteiger partial charge in [0, 0.05) is 13.1 Å². The van der Waals surface area contributed by atoms with Crippen LogP contribution >= 0.6 is 0 Å². The predicted octanol–water partition coefficient (Wildman–Crippen LogP) is 0.905. The molecule has 1 aliphatic rings. The molecule has 0 bridgehead atoms. The molecule has 2 atom stereocenters. The fraction of sp³-hybridized carbons (Fsp3) is 0.429. The molecule has 0 fully saturated rings. The zero-order valence-corrected chi connectivity index (χ0v) is 11.2. The third kappa shape index (κ3) is 2.15. The molecule has 0 saturated heterocycles. The van der Waals surface area contributed by atoms with E-state index in [-0.39, 0.29) is 6.04 Å². The van der Waals surface area contributed by atoms with Gasteiger partial charge in [-0.25, -0.2) is 4.98 Å². The van der Waals surface area contributed by atoms with Crippen LogP contribution in [-0.2, 0) is 20.0 Å². The average Bonchev–Trinajstić information content (AvgIpc) is 2.95. The molecule has 100 valence electrons. The van der Waals surface area contributed by atoms with Crippen LogP contribution in [0.4, 0.5) is 0 Å². The van der Waals surface area contributed by atoms with Crippen LogP contribution in [0.3, 0.4) is 0 Å². The minimum Gasteiger partial charge on any atom is -0.387 e. The number of nitrogens with zero attached hydrogens (tertiary/aromatic N) is 4. The van der Waals surface area contributed by atoms with Crippen LogP contribution < -0.4 is 0 Å². The Morgan fingerprint density at radius 3 is 2.89 bits per heavy atom. The molecule has 2 unspecified atom stereocenters. The average molecular weight is 258 g/mol. The molecule has 0 spiro atoms. The van der Waals surface area contributed by atoms with E-state index in [1.54, 1.807) is 11.0 Å². The van der Waals surface area contributed by atoms with E-state index < -0.39 is 6.10 Å². The van der Waals surface area contributed by atoms with Crippen molar-refractivity contribution >= 4 is 0 Å². The first-order chi connectivity index (χ1) is 9.16. The molecule has 0 aliphatic heterocycles. The molecule has 1 aromatic carbocycles. The minimum atomic E-state index is -0.422. The topological polar surface area (TPSA) is 54.2 Å². The number of hydrogen-bond donors (Lipinski definition) is 1. The van der Waals surface area contributed by atoms with E-state index in [4.69, 9.17) is 0 Å². The van der Waals surface area contributed by atoms with Gasteiger partial charge in [-0.1, -0.05) is 24.3 Å². The second kappa shape index (κ2) is 4.75. The fourth-order valence-corrected chi connectivity index (χ4v) is 2.75. The molecule has 0 radical (unpaired) electrons. The SMILES string of the molecule is CN(Cc1ncnn1C)C1Cc2ccccc2C1O. The predicted molar refractivity (Wildman–Crippen MR) is 71.4 cm³/mol. The quantitative estimate of drug-likeness (QED) is 0.889. The van der Waals surface area contributed by atoms with Crippen molar-refractivity contribution in [1.82, 2.24) is 19.7 Å². The maximum absolute atomic E-state index is 10.4. The third-order valence-corrected chi connectivity index (χ3v) is 3.93. The Labute approximate surface area is 112 Å². The van der Waals surface area contributed by atoms with E-state index in [1.807, 2.05) is 32.3 Å². The van der Waals surface area contributed by atoms with Crippen LogP contribution in [0.25, 0.3) is 0 Å². The van der Waals surface area contributed by atoms with Gasteiger partial charge < -0.3 is 5.11 Å². The Morgan fingerprint density at radius 2 is 2.21 bits per heavy atom. The summed E-state index contributed by atoms with van der Waals surface area (Å²) in [6.07, 6.45) is 2.02. The van der Waals surface area contributed by atoms with E-state index >= 15 is 0 Å². The molecule has 2 aromatic rings. The van der Waals surface area contributed by atoms with Gasteiger partial charge in [-0.05, 0) is 24.6 Å². The van der Waals surface area contributed by atoms with Crippen LogP contribution in [0.1, 0.15) is 23.1 Å². The number of rotatable bonds is 3. The van der Waals surface area contributed by atoms with Gasteiger partial charge in [-0.2, -0.15) is 5.10 Å². The van der Waals surface area contributed by atoms with Gasteiger partial charge in [0.1, 0.15) is 12.2 Å². The molecule has 5 heteroatoms. The Hall–Kier alpha value is -1.72. The number of aliphatic hydroxyl groups is 1. The zero-order chi connectivity index (χ0) is 13.4. The summed E-state index contributed by atoms with van der Waals surface area (Å²) in [4.78, 5) is 6.38. The van der Waals surface area contributed by atoms with Crippen LogP contribution in [0.15, 0.2) is 30.6 Å². The largest absolute Gasteiger partial charge is 0.387 e. The summed E-state index contributed by atoms with van der Waals surface area (Å²) >= 11 is 0. The van der Waals surface area contributed by atoms with Crippen molar-refractivity contribution in [2.45, 2.75) is 25.1 Å². The van der Waals surface area contributed by atoms with Crippen molar-refractivity contribution in [3.8, 4) is 0 Å². The van der Waals surface area contributed by atoms with Gasteiger partial charge in [-0.15, -0.1) is 0 Å². The smallest absolute Gasteiger partial charge is 0.140 e. The maximum Gasteiger partial charge on any atom is 0.140 e. The molecule has 1 aromatic heterocycles. The van der Waals surface area contributed by atoms with Crippen LogP contribution in [-0.4, -0.2) is 37.9 Å². The molecule has 5 nitrogen and oxygen atoms in total. The standard InChI is InChI=1S/C14H18N4O/c1-17(8-13-15-9-16-18(13)2)12-7-10-5-3-4-6-11(10)14(12)19/h3-6,9,12,14,19H,7-8H2,1-2H3. The highest BCUT2D eigenvalue weighted by atomic mass is 16.3. The molecule has 1 heterocycles. The number of likely N-dealkylation sites (N-methyl/N-ethyl adjacent to an activating group) is 1. The first kappa shape index (κ1) is 12.3. The van der Waals surface area contributed by atoms with Gasteiger partial charge in [0.15, 0.2) is 0 Å². The first-order valence-electron chi connectivity index (χ1n) is 6.46. The van der Waals surface area contributed by atoms with E-state index in [0.717, 1.165) is 17.8 Å². The van der Waals surface area contributed by atoms with Crippen molar-refractivity contribution in [1.29, 1.82) is 0 Å². The third-order valence-electron chi connectivity index (χ3n) is 3.93. The molecule has 1 N–H and O–H groups in total. The number of benzene rings is 1. The summed E-state index contributed by atoms with van der Waals surface area (Å²) in [5.41, 5.74) is 2.29. The Bertz CT molecular complexity index is 580. The minimum absolute atomic E-state index is 0.106. The zero-order valence-electron chi connectivity index (χ0n) is 11.2. The van der Waals surface area contributed by atoms with Crippen LogP contribution in [0, 0.1) is 0 Å². The molecule has 0 saturated carbocycles. The number of aryl methyl sites for hydroxylation is 1. The van der Waals surface area contributed by atoms with Gasteiger partial charge >= 0.3 is 0 Å². The Kier molecular flexibility index (Phi) is 3.08. The number of hydrogen-bond acceptors (Lipinski definition) is 4. The molecule has 3 rings (SSSR count). The monoisotopic (exact) mass is 258 g/mol. The Morgan fingerprint density at radius 1 is 1.42 bits per heavy atom. The lowest BCUT2D eigenvalue weighted by atomic mass is 10.1. The molecular weight excluding hydrogens is 240 g/mol. The van der Waals surface area contributed by atoms with Crippen molar-refractivity contribution in [3.63, 3.8) is 0 Å². The lowest BCUT2D eigenvalue weighted by molar-refractivity contribution is 0.0702. The number of fused-ring (bicyclic) bond motifs is 1. The van der Waals surface area contributed by atoms with Gasteiger partial charge in [0.05, 0.1) is 12.6 Å². The second-order valence-corrected chi connectivity index (χ2v) is 5.13. The van der Waals surface area contributed by atoms with Crippen LogP contribution in [0.5, 0.6) is 0 Å². The fourth-order valence-electron chi connectivity index (χ4n) is 2.75. The highest BCUT2D eigenvalue weighted by Gasteiger charge is 2.33. The highest BCUT2D eigenvalue weighted by molar-refractivity contribution is 5.35. The van der Waals surface area contributed by atoms with Gasteiger partial charge in [0.2, 0.25) is 0 Å². The van der Waals surface area contributed by atoms with E-state index in [2.05, 4.69) is 21.0 Å². The lowest BCUT2D eigenvalue weighted by Gasteiger charge is -2.26. The number of aromatic nitrogens is 3. The summed E-state index contributed by atoms with van der Waals surface area (Å²) < 4.78 is 1.77. The van der Waals surface area contributed by atoms with E-state index in [9.17, 15) is 5.11 Å². The molecule has 19 heavy (non-hydrogen) atoms. The van der Waals surface area contributed by atoms with Crippen LogP contribution in [0.2, 0.25) is 0 Å². The van der Waals surface area contributed by atoms with E-state index in [1.165, 1.54) is 5.56 Å². The summed E-state index contributed by atoms with van der Waals surface area (Å²) in [5, 5.41) is 14.5. The summed E-state index contributed by atoms with van der Waals surface area (Å²) in [7, 11) is 3.91. The van der Waals surface area contributed by atoms with Crippen molar-refractivity contribution in [3.05, 3.63) is 47.5 Å². The van der Waals surface area contributed by atoms with Gasteiger partial charge in [-0.3, -0.25) is 9.58 Å². The first-order valence-corrected chi connectivity index (χ1v) is 6.46. The number of aliphatic hydroxyl groups excluding tert-OH is 1. The Balaban J connectivity index is 1.76. The summed E-state index contributed by atoms with van der Waals surface area (Å²) in [6, 6.07) is 8.21. The molecule has 0 amide bonds. The van der Waals surface area contributed by atoms with Crippen molar-refractivity contribution in [2.75, 3.05) is 7.05 Å².